The Hall–Kier alpha value is -2.81. The van der Waals surface area contributed by atoms with Crippen LogP contribution >= 0.6 is 11.6 Å². The molecule has 1 fully saturated rings. The molecule has 9 nitrogen and oxygen atoms in total. The van der Waals surface area contributed by atoms with E-state index in [1.54, 1.807) is 12.1 Å². The van der Waals surface area contributed by atoms with Gasteiger partial charge < -0.3 is 19.7 Å². The van der Waals surface area contributed by atoms with Gasteiger partial charge in [-0.1, -0.05) is 11.6 Å². The molecule has 1 aromatic heterocycles. The zero-order valence-electron chi connectivity index (χ0n) is 13.0. The number of ether oxygens (including phenoxy) is 2. The molecule has 2 N–H and O–H groups in total. The average molecular weight is 368 g/mol. The molecule has 25 heavy (non-hydrogen) atoms. The number of likely N-dealkylation sites (tertiary alicyclic amines) is 1. The van der Waals surface area contributed by atoms with Crippen molar-refractivity contribution in [1.29, 1.82) is 0 Å². The van der Waals surface area contributed by atoms with E-state index in [1.165, 1.54) is 13.4 Å². The molecule has 1 amide bonds. The zero-order valence-corrected chi connectivity index (χ0v) is 13.8. The van der Waals surface area contributed by atoms with Gasteiger partial charge in [-0.3, -0.25) is 4.90 Å². The summed E-state index contributed by atoms with van der Waals surface area (Å²) in [7, 11) is 1.45. The minimum absolute atomic E-state index is 0.0296. The lowest BCUT2D eigenvalue weighted by molar-refractivity contribution is -0.141. The molecule has 2 atom stereocenters. The van der Waals surface area contributed by atoms with E-state index in [1.807, 2.05) is 0 Å². The Morgan fingerprint density at radius 1 is 1.28 bits per heavy atom. The summed E-state index contributed by atoms with van der Waals surface area (Å²) in [6.07, 6.45) is -0.585. The first-order valence-corrected chi connectivity index (χ1v) is 7.65. The quantitative estimate of drug-likeness (QED) is 0.785. The Bertz CT molecular complexity index is 823. The second-order valence-electron chi connectivity index (χ2n) is 5.45. The van der Waals surface area contributed by atoms with Crippen molar-refractivity contribution in [3.8, 4) is 11.5 Å². The van der Waals surface area contributed by atoms with Crippen molar-refractivity contribution in [1.82, 2.24) is 14.9 Å². The maximum atomic E-state index is 11.2. The number of halogens is 1. The molecule has 3 rings (SSSR count). The molecule has 0 bridgehead atoms. The summed E-state index contributed by atoms with van der Waals surface area (Å²) in [6, 6.07) is 2.06. The molecule has 0 radical (unpaired) electrons. The highest BCUT2D eigenvalue weighted by Crippen LogP contribution is 2.35. The number of rotatable bonds is 4. The second kappa shape index (κ2) is 6.60. The van der Waals surface area contributed by atoms with Gasteiger partial charge in [0.1, 0.15) is 23.6 Å². The van der Waals surface area contributed by atoms with Crippen LogP contribution in [0.5, 0.6) is 11.5 Å². The molecule has 132 valence electrons. The highest BCUT2D eigenvalue weighted by Gasteiger charge is 2.41. The van der Waals surface area contributed by atoms with Gasteiger partial charge in [-0.05, 0) is 6.07 Å². The van der Waals surface area contributed by atoms with E-state index in [0.29, 0.717) is 22.4 Å². The van der Waals surface area contributed by atoms with Crippen LogP contribution in [0.2, 0.25) is 5.15 Å². The van der Waals surface area contributed by atoms with E-state index in [9.17, 15) is 14.7 Å². The number of aromatic nitrogens is 2. The van der Waals surface area contributed by atoms with E-state index in [0.717, 1.165) is 4.90 Å². The van der Waals surface area contributed by atoms with Crippen molar-refractivity contribution in [3.05, 3.63) is 23.6 Å². The molecular formula is C15H14ClN3O6. The maximum Gasteiger partial charge on any atom is 0.408 e. The number of hydrogen-bond donors (Lipinski definition) is 2. The topological polar surface area (TPSA) is 122 Å². The second-order valence-corrected chi connectivity index (χ2v) is 5.81. The molecule has 1 aromatic carbocycles. The lowest BCUT2D eigenvalue weighted by Crippen LogP contribution is -2.39. The highest BCUT2D eigenvalue weighted by molar-refractivity contribution is 6.34. The van der Waals surface area contributed by atoms with Crippen molar-refractivity contribution in [2.45, 2.75) is 18.6 Å². The third kappa shape index (κ3) is 3.22. The molecule has 0 spiro atoms. The molecule has 1 saturated heterocycles. The van der Waals surface area contributed by atoms with Crippen LogP contribution in [0.15, 0.2) is 18.5 Å². The minimum Gasteiger partial charge on any atom is -0.493 e. The number of carbonyl (C=O) groups is 2. The van der Waals surface area contributed by atoms with E-state index in [4.69, 9.17) is 26.2 Å². The number of carboxylic acid groups (broad SMARTS) is 2. The Morgan fingerprint density at radius 3 is 2.64 bits per heavy atom. The number of carboxylic acids is 1. The van der Waals surface area contributed by atoms with E-state index >= 15 is 0 Å². The number of methoxy groups -OCH3 is 1. The van der Waals surface area contributed by atoms with Crippen LogP contribution in [0, 0.1) is 0 Å². The monoisotopic (exact) mass is 367 g/mol. The predicted molar refractivity (Wildman–Crippen MR) is 86.3 cm³/mol. The standard InChI is InChI=1S/C15H14ClN3O6/c1-24-11-4-9-8(13(16)18-6-17-9)3-12(11)25-7-2-10(14(20)21)19(5-7)15(22)23/h3-4,6-7,10H,2,5H2,1H3,(H,20,21)(H,22,23)/t7-,10+/m0/s1. The van der Waals surface area contributed by atoms with Crippen molar-refractivity contribution < 1.29 is 29.3 Å². The first-order valence-electron chi connectivity index (χ1n) is 7.28. The summed E-state index contributed by atoms with van der Waals surface area (Å²) in [4.78, 5) is 31.3. The number of fused-ring (bicyclic) bond motifs is 1. The average Bonchev–Trinajstić information content (AvgIpc) is 2.99. The first-order chi connectivity index (χ1) is 11.9. The summed E-state index contributed by atoms with van der Waals surface area (Å²) in [5.41, 5.74) is 0.561. The van der Waals surface area contributed by atoms with Gasteiger partial charge in [-0.25, -0.2) is 19.6 Å². The van der Waals surface area contributed by atoms with Gasteiger partial charge in [0, 0.05) is 17.9 Å². The fourth-order valence-corrected chi connectivity index (χ4v) is 2.99. The van der Waals surface area contributed by atoms with Crippen LogP contribution in [-0.4, -0.2) is 62.9 Å². The number of hydrogen-bond acceptors (Lipinski definition) is 6. The van der Waals surface area contributed by atoms with Crippen molar-refractivity contribution in [2.24, 2.45) is 0 Å². The molecule has 0 aliphatic carbocycles. The van der Waals surface area contributed by atoms with Crippen molar-refractivity contribution in [3.63, 3.8) is 0 Å². The number of aliphatic carboxylic acids is 1. The summed E-state index contributed by atoms with van der Waals surface area (Å²) < 4.78 is 11.1. The summed E-state index contributed by atoms with van der Waals surface area (Å²) in [5, 5.41) is 19.1. The van der Waals surface area contributed by atoms with Gasteiger partial charge in [0.25, 0.3) is 0 Å². The minimum atomic E-state index is -1.31. The van der Waals surface area contributed by atoms with Crippen LogP contribution in [0.4, 0.5) is 4.79 Å². The SMILES string of the molecule is COc1cc2ncnc(Cl)c2cc1O[C@H]1C[C@H](C(=O)O)N(C(=O)O)C1. The molecule has 0 saturated carbocycles. The molecule has 1 aliphatic heterocycles. The van der Waals surface area contributed by atoms with Gasteiger partial charge in [-0.15, -0.1) is 0 Å². The number of benzene rings is 1. The van der Waals surface area contributed by atoms with Crippen LogP contribution in [0.25, 0.3) is 10.9 Å². The van der Waals surface area contributed by atoms with E-state index in [-0.39, 0.29) is 18.1 Å². The predicted octanol–water partition coefficient (Wildman–Crippen LogP) is 1.88. The van der Waals surface area contributed by atoms with E-state index in [2.05, 4.69) is 9.97 Å². The normalized spacial score (nSPS) is 19.8. The lowest BCUT2D eigenvalue weighted by Gasteiger charge is -2.17. The summed E-state index contributed by atoms with van der Waals surface area (Å²) in [6.45, 7) is -0.0630. The van der Waals surface area contributed by atoms with Gasteiger partial charge in [0.05, 0.1) is 19.2 Å². The Labute approximate surface area is 146 Å². The van der Waals surface area contributed by atoms with Crippen LogP contribution in [0.1, 0.15) is 6.42 Å². The smallest absolute Gasteiger partial charge is 0.408 e. The fraction of sp³-hybridized carbons (Fsp3) is 0.333. The van der Waals surface area contributed by atoms with Gasteiger partial charge in [-0.2, -0.15) is 0 Å². The van der Waals surface area contributed by atoms with Gasteiger partial charge in [0.2, 0.25) is 0 Å². The maximum absolute atomic E-state index is 11.2. The summed E-state index contributed by atoms with van der Waals surface area (Å²) >= 11 is 6.06. The zero-order chi connectivity index (χ0) is 18.1. The highest BCUT2D eigenvalue weighted by atomic mass is 35.5. The van der Waals surface area contributed by atoms with Gasteiger partial charge >= 0.3 is 12.1 Å². The van der Waals surface area contributed by atoms with Crippen LogP contribution < -0.4 is 9.47 Å². The molecule has 2 aromatic rings. The molecule has 0 unspecified atom stereocenters. The number of nitrogens with zero attached hydrogens (tertiary/aromatic N) is 3. The molecule has 2 heterocycles. The van der Waals surface area contributed by atoms with Gasteiger partial charge in [0.15, 0.2) is 11.5 Å². The van der Waals surface area contributed by atoms with Crippen molar-refractivity contribution >= 4 is 34.6 Å². The third-order valence-corrected chi connectivity index (χ3v) is 4.26. The number of amides is 1. The fourth-order valence-electron chi connectivity index (χ4n) is 2.79. The van der Waals surface area contributed by atoms with Crippen LogP contribution in [0.3, 0.4) is 0 Å². The molecule has 10 heteroatoms. The Balaban J connectivity index is 1.91. The Morgan fingerprint density at radius 2 is 2.04 bits per heavy atom. The van der Waals surface area contributed by atoms with Crippen molar-refractivity contribution in [2.75, 3.05) is 13.7 Å². The largest absolute Gasteiger partial charge is 0.493 e. The third-order valence-electron chi connectivity index (χ3n) is 3.96. The summed E-state index contributed by atoms with van der Waals surface area (Å²) in [5.74, 6) is -0.522. The molecule has 1 aliphatic rings. The first kappa shape index (κ1) is 17.0. The molecular weight excluding hydrogens is 354 g/mol. The van der Waals surface area contributed by atoms with Crippen LogP contribution in [-0.2, 0) is 4.79 Å². The Kier molecular flexibility index (Phi) is 4.49. The van der Waals surface area contributed by atoms with E-state index < -0.39 is 24.2 Å². The lowest BCUT2D eigenvalue weighted by atomic mass is 10.2.